The van der Waals surface area contributed by atoms with Crippen molar-refractivity contribution < 1.29 is 14.4 Å². The quantitative estimate of drug-likeness (QED) is 0.214. The SMILES string of the molecule is CC(=NN1C(=Nc2ccccc2F)SCC1(O)c1ccc([N+](=O)[O-])cc1)c1ccc(-n2ccnc2)cc1. The molecule has 0 spiro atoms. The van der Waals surface area contributed by atoms with E-state index in [9.17, 15) is 19.6 Å². The maximum atomic E-state index is 14.4. The van der Waals surface area contributed by atoms with Crippen molar-refractivity contribution in [3.63, 3.8) is 0 Å². The number of hydrogen-bond acceptors (Lipinski definition) is 7. The molecule has 1 unspecified atom stereocenters. The largest absolute Gasteiger partial charge is 0.365 e. The van der Waals surface area contributed by atoms with Crippen LogP contribution in [0.2, 0.25) is 0 Å². The molecule has 186 valence electrons. The van der Waals surface area contributed by atoms with Crippen LogP contribution in [0.5, 0.6) is 0 Å². The Morgan fingerprint density at radius 1 is 1.14 bits per heavy atom. The molecule has 4 aromatic rings. The lowest BCUT2D eigenvalue weighted by atomic mass is 10.0. The molecule has 9 nitrogen and oxygen atoms in total. The predicted octanol–water partition coefficient (Wildman–Crippen LogP) is 5.23. The molecule has 3 aromatic carbocycles. The van der Waals surface area contributed by atoms with Gasteiger partial charge in [-0.1, -0.05) is 36.0 Å². The van der Waals surface area contributed by atoms with Crippen molar-refractivity contribution in [2.45, 2.75) is 12.6 Å². The van der Waals surface area contributed by atoms with Gasteiger partial charge in [-0.2, -0.15) is 5.10 Å². The number of nitro benzene ring substituents is 1. The van der Waals surface area contributed by atoms with Crippen molar-refractivity contribution in [2.24, 2.45) is 10.1 Å². The highest BCUT2D eigenvalue weighted by molar-refractivity contribution is 8.14. The van der Waals surface area contributed by atoms with E-state index < -0.39 is 16.5 Å². The van der Waals surface area contributed by atoms with E-state index in [0.29, 0.717) is 16.4 Å². The first-order chi connectivity index (χ1) is 17.8. The Morgan fingerprint density at radius 2 is 1.86 bits per heavy atom. The summed E-state index contributed by atoms with van der Waals surface area (Å²) in [5.41, 5.74) is 1.06. The number of nitro groups is 1. The van der Waals surface area contributed by atoms with Gasteiger partial charge in [0.1, 0.15) is 11.5 Å². The van der Waals surface area contributed by atoms with Gasteiger partial charge in [0, 0.05) is 35.8 Å². The molecule has 1 saturated heterocycles. The number of aliphatic hydroxyl groups is 1. The number of rotatable bonds is 6. The average Bonchev–Trinajstić information content (AvgIpc) is 3.56. The number of benzene rings is 3. The molecular weight excluding hydrogens is 495 g/mol. The number of halogens is 1. The van der Waals surface area contributed by atoms with Crippen LogP contribution in [-0.2, 0) is 5.72 Å². The van der Waals surface area contributed by atoms with Crippen molar-refractivity contribution in [3.05, 3.63) is 119 Å². The fourth-order valence-electron chi connectivity index (χ4n) is 3.85. The van der Waals surface area contributed by atoms with Gasteiger partial charge in [-0.05, 0) is 48.9 Å². The van der Waals surface area contributed by atoms with Crippen molar-refractivity contribution in [2.75, 3.05) is 5.75 Å². The molecule has 37 heavy (non-hydrogen) atoms. The second kappa shape index (κ2) is 9.96. The van der Waals surface area contributed by atoms with E-state index in [0.717, 1.165) is 11.3 Å². The van der Waals surface area contributed by atoms with E-state index in [2.05, 4.69) is 9.98 Å². The van der Waals surface area contributed by atoms with Gasteiger partial charge >= 0.3 is 0 Å². The van der Waals surface area contributed by atoms with E-state index in [-0.39, 0.29) is 17.1 Å². The Hall–Kier alpha value is -4.35. The first-order valence-corrected chi connectivity index (χ1v) is 12.2. The molecule has 1 aliphatic rings. The van der Waals surface area contributed by atoms with Gasteiger partial charge < -0.3 is 9.67 Å². The second-order valence-corrected chi connectivity index (χ2v) is 9.21. The van der Waals surface area contributed by atoms with Crippen LogP contribution in [0, 0.1) is 15.9 Å². The van der Waals surface area contributed by atoms with Crippen LogP contribution in [0.15, 0.2) is 102 Å². The molecule has 1 N–H and O–H groups in total. The van der Waals surface area contributed by atoms with Gasteiger partial charge in [0.25, 0.3) is 5.69 Å². The van der Waals surface area contributed by atoms with Crippen molar-refractivity contribution in [1.29, 1.82) is 0 Å². The van der Waals surface area contributed by atoms with Gasteiger partial charge in [0.15, 0.2) is 10.9 Å². The summed E-state index contributed by atoms with van der Waals surface area (Å²) in [6.45, 7) is 1.80. The fraction of sp³-hybridized carbons (Fsp3) is 0.115. The molecule has 1 aromatic heterocycles. The number of non-ortho nitro benzene ring substituents is 1. The average molecular weight is 517 g/mol. The van der Waals surface area contributed by atoms with E-state index in [1.807, 2.05) is 35.0 Å². The Labute approximate surface area is 215 Å². The van der Waals surface area contributed by atoms with Crippen LogP contribution >= 0.6 is 11.8 Å². The van der Waals surface area contributed by atoms with Gasteiger partial charge in [-0.3, -0.25) is 10.1 Å². The molecule has 5 rings (SSSR count). The van der Waals surface area contributed by atoms with E-state index >= 15 is 0 Å². The Morgan fingerprint density at radius 3 is 2.51 bits per heavy atom. The van der Waals surface area contributed by atoms with E-state index in [1.165, 1.54) is 53.2 Å². The minimum Gasteiger partial charge on any atom is -0.365 e. The van der Waals surface area contributed by atoms with Crippen LogP contribution < -0.4 is 0 Å². The molecule has 0 aliphatic carbocycles. The standard InChI is InChI=1S/C26H21FN6O3S/c1-18(19-6-10-21(11-7-19)31-15-14-28-17-31)30-32-25(29-24-5-3-2-4-23(24)27)37-16-26(32,34)20-8-12-22(13-9-20)33(35)36/h2-15,17,34H,16H2,1H3. The monoisotopic (exact) mass is 516 g/mol. The number of nitrogens with zero attached hydrogens (tertiary/aromatic N) is 6. The highest BCUT2D eigenvalue weighted by Crippen LogP contribution is 2.41. The summed E-state index contributed by atoms with van der Waals surface area (Å²) in [5.74, 6) is -0.369. The summed E-state index contributed by atoms with van der Waals surface area (Å²) < 4.78 is 16.3. The number of aromatic nitrogens is 2. The minimum absolute atomic E-state index is 0.0949. The zero-order valence-corrected chi connectivity index (χ0v) is 20.4. The van der Waals surface area contributed by atoms with E-state index in [4.69, 9.17) is 5.10 Å². The highest BCUT2D eigenvalue weighted by Gasteiger charge is 2.46. The zero-order chi connectivity index (χ0) is 26.0. The molecule has 1 aliphatic heterocycles. The molecule has 0 bridgehead atoms. The number of amidine groups is 1. The van der Waals surface area contributed by atoms with Crippen molar-refractivity contribution in [1.82, 2.24) is 14.6 Å². The number of aliphatic imine (C=N–C) groups is 1. The van der Waals surface area contributed by atoms with Crippen LogP contribution in [0.1, 0.15) is 18.1 Å². The number of para-hydroxylation sites is 1. The second-order valence-electron chi connectivity index (χ2n) is 8.27. The molecule has 1 atom stereocenters. The molecule has 0 amide bonds. The maximum Gasteiger partial charge on any atom is 0.269 e. The van der Waals surface area contributed by atoms with Gasteiger partial charge in [0.05, 0.1) is 22.7 Å². The Bertz CT molecular complexity index is 1490. The van der Waals surface area contributed by atoms with Crippen LogP contribution in [-0.4, -0.2) is 41.2 Å². The maximum absolute atomic E-state index is 14.4. The molecule has 0 radical (unpaired) electrons. The molecule has 2 heterocycles. The molecule has 1 fully saturated rings. The summed E-state index contributed by atoms with van der Waals surface area (Å²) in [6.07, 6.45) is 5.24. The summed E-state index contributed by atoms with van der Waals surface area (Å²) >= 11 is 1.21. The van der Waals surface area contributed by atoms with Crippen LogP contribution in [0.25, 0.3) is 5.69 Å². The number of hydrogen-bond donors (Lipinski definition) is 1. The lowest BCUT2D eigenvalue weighted by Crippen LogP contribution is -2.42. The summed E-state index contributed by atoms with van der Waals surface area (Å²) in [7, 11) is 0. The van der Waals surface area contributed by atoms with Crippen molar-refractivity contribution >= 4 is 34.0 Å². The van der Waals surface area contributed by atoms with Gasteiger partial charge in [-0.25, -0.2) is 19.4 Å². The topological polar surface area (TPSA) is 109 Å². The highest BCUT2D eigenvalue weighted by atomic mass is 32.2. The normalized spacial score (nSPS) is 18.9. The summed E-state index contributed by atoms with van der Waals surface area (Å²) in [5, 5.41) is 29.2. The first-order valence-electron chi connectivity index (χ1n) is 11.2. The third-order valence-corrected chi connectivity index (χ3v) is 6.95. The minimum atomic E-state index is -1.66. The Balaban J connectivity index is 1.55. The third kappa shape index (κ3) is 4.86. The fourth-order valence-corrected chi connectivity index (χ4v) is 4.94. The summed E-state index contributed by atoms with van der Waals surface area (Å²) in [4.78, 5) is 19.1. The zero-order valence-electron chi connectivity index (χ0n) is 19.6. The predicted molar refractivity (Wildman–Crippen MR) is 141 cm³/mol. The van der Waals surface area contributed by atoms with Crippen LogP contribution in [0.3, 0.4) is 0 Å². The van der Waals surface area contributed by atoms with Gasteiger partial charge in [0.2, 0.25) is 0 Å². The third-order valence-electron chi connectivity index (χ3n) is 5.88. The Kier molecular flexibility index (Phi) is 6.55. The van der Waals surface area contributed by atoms with E-state index in [1.54, 1.807) is 31.6 Å². The van der Waals surface area contributed by atoms with Crippen molar-refractivity contribution in [3.8, 4) is 5.69 Å². The number of thioether (sulfide) groups is 1. The van der Waals surface area contributed by atoms with Crippen LogP contribution in [0.4, 0.5) is 15.8 Å². The summed E-state index contributed by atoms with van der Waals surface area (Å²) in [6, 6.07) is 19.4. The number of imidazole rings is 1. The molecular formula is C26H21FN6O3S. The van der Waals surface area contributed by atoms with Gasteiger partial charge in [-0.15, -0.1) is 0 Å². The number of hydrazone groups is 1. The molecule has 11 heteroatoms. The molecule has 0 saturated carbocycles. The first kappa shape index (κ1) is 24.3. The smallest absolute Gasteiger partial charge is 0.269 e. The lowest BCUT2D eigenvalue weighted by Gasteiger charge is -2.31. The lowest BCUT2D eigenvalue weighted by molar-refractivity contribution is -0.384.